The van der Waals surface area contributed by atoms with Crippen molar-refractivity contribution >= 4 is 23.2 Å². The van der Waals surface area contributed by atoms with Gasteiger partial charge < -0.3 is 14.6 Å². The topological polar surface area (TPSA) is 38.7 Å². The van der Waals surface area contributed by atoms with Crippen LogP contribution in [0.5, 0.6) is 11.5 Å². The number of benzene rings is 2. The normalized spacial score (nSPS) is 15.4. The Morgan fingerprint density at radius 2 is 1.71 bits per heavy atom. The number of rotatable bonds is 2. The molecule has 0 aliphatic carbocycles. The van der Waals surface area contributed by atoms with Crippen LogP contribution in [0.15, 0.2) is 36.4 Å². The van der Waals surface area contributed by atoms with E-state index < -0.39 is 6.10 Å². The van der Waals surface area contributed by atoms with Crippen LogP contribution in [0, 0.1) is 0 Å². The van der Waals surface area contributed by atoms with Gasteiger partial charge in [-0.15, -0.1) is 0 Å². The van der Waals surface area contributed by atoms with Crippen molar-refractivity contribution in [2.45, 2.75) is 12.5 Å². The van der Waals surface area contributed by atoms with Crippen LogP contribution in [0.2, 0.25) is 10.0 Å². The van der Waals surface area contributed by atoms with Crippen molar-refractivity contribution in [3.63, 3.8) is 0 Å². The lowest BCUT2D eigenvalue weighted by molar-refractivity contribution is 0.219. The van der Waals surface area contributed by atoms with E-state index in [1.54, 1.807) is 36.4 Å². The van der Waals surface area contributed by atoms with Gasteiger partial charge in [0, 0.05) is 22.0 Å². The maximum Gasteiger partial charge on any atom is 0.161 e. The molecule has 2 aromatic carbocycles. The first-order chi connectivity index (χ1) is 10.1. The van der Waals surface area contributed by atoms with Gasteiger partial charge in [-0.3, -0.25) is 0 Å². The van der Waals surface area contributed by atoms with E-state index in [9.17, 15) is 5.11 Å². The number of ether oxygens (including phenoxy) is 2. The summed E-state index contributed by atoms with van der Waals surface area (Å²) in [6.07, 6.45) is -0.0273. The van der Waals surface area contributed by atoms with Crippen LogP contribution in [0.1, 0.15) is 23.7 Å². The molecule has 1 heterocycles. The van der Waals surface area contributed by atoms with Crippen molar-refractivity contribution in [3.8, 4) is 11.5 Å². The molecule has 21 heavy (non-hydrogen) atoms. The van der Waals surface area contributed by atoms with Crippen LogP contribution in [0.25, 0.3) is 0 Å². The monoisotopic (exact) mass is 324 g/mol. The molecule has 0 saturated carbocycles. The van der Waals surface area contributed by atoms with E-state index in [0.29, 0.717) is 45.9 Å². The van der Waals surface area contributed by atoms with Gasteiger partial charge in [0.15, 0.2) is 11.5 Å². The molecule has 0 spiro atoms. The Morgan fingerprint density at radius 1 is 0.952 bits per heavy atom. The van der Waals surface area contributed by atoms with Gasteiger partial charge in [0.25, 0.3) is 0 Å². The summed E-state index contributed by atoms with van der Waals surface area (Å²) in [6, 6.07) is 10.4. The van der Waals surface area contributed by atoms with Gasteiger partial charge in [0.2, 0.25) is 0 Å². The molecule has 0 bridgehead atoms. The Kier molecular flexibility index (Phi) is 4.24. The van der Waals surface area contributed by atoms with E-state index in [1.165, 1.54) is 0 Å². The van der Waals surface area contributed by atoms with Crippen molar-refractivity contribution < 1.29 is 14.6 Å². The second kappa shape index (κ2) is 6.14. The highest BCUT2D eigenvalue weighted by molar-refractivity contribution is 6.33. The van der Waals surface area contributed by atoms with E-state index in [-0.39, 0.29) is 0 Å². The highest BCUT2D eigenvalue weighted by Crippen LogP contribution is 2.36. The first-order valence-corrected chi connectivity index (χ1v) is 7.43. The van der Waals surface area contributed by atoms with Crippen LogP contribution in [-0.4, -0.2) is 18.3 Å². The predicted octanol–water partition coefficient (Wildman–Crippen LogP) is 4.24. The van der Waals surface area contributed by atoms with Crippen molar-refractivity contribution in [2.24, 2.45) is 0 Å². The second-order valence-corrected chi connectivity index (χ2v) is 5.67. The number of hydrogen-bond acceptors (Lipinski definition) is 3. The van der Waals surface area contributed by atoms with Gasteiger partial charge in [-0.25, -0.2) is 0 Å². The zero-order valence-corrected chi connectivity index (χ0v) is 12.7. The largest absolute Gasteiger partial charge is 0.490 e. The van der Waals surface area contributed by atoms with Crippen molar-refractivity contribution in [3.05, 3.63) is 57.6 Å². The molecular formula is C16H14Cl2O3. The molecule has 0 saturated heterocycles. The maximum atomic E-state index is 10.5. The Bertz CT molecular complexity index is 658. The Labute approximate surface area is 133 Å². The Hall–Kier alpha value is -1.42. The first kappa shape index (κ1) is 14.5. The quantitative estimate of drug-likeness (QED) is 0.898. The van der Waals surface area contributed by atoms with E-state index >= 15 is 0 Å². The van der Waals surface area contributed by atoms with Gasteiger partial charge in [0.1, 0.15) is 6.10 Å². The molecule has 2 aromatic rings. The molecule has 0 fully saturated rings. The summed E-state index contributed by atoms with van der Waals surface area (Å²) < 4.78 is 11.2. The average molecular weight is 325 g/mol. The van der Waals surface area contributed by atoms with E-state index in [4.69, 9.17) is 32.7 Å². The fraction of sp³-hybridized carbons (Fsp3) is 0.250. The van der Waals surface area contributed by atoms with Gasteiger partial charge in [-0.1, -0.05) is 29.3 Å². The van der Waals surface area contributed by atoms with Gasteiger partial charge in [-0.2, -0.15) is 0 Å². The molecule has 1 aliphatic heterocycles. The third kappa shape index (κ3) is 3.10. The summed E-state index contributed by atoms with van der Waals surface area (Å²) in [5.41, 5.74) is 1.25. The summed E-state index contributed by atoms with van der Waals surface area (Å²) in [6.45, 7) is 1.24. The molecule has 0 radical (unpaired) electrons. The van der Waals surface area contributed by atoms with Crippen LogP contribution in [-0.2, 0) is 0 Å². The standard InChI is InChI=1S/C16H14Cl2O3/c17-11-3-4-13(18)12(9-11)16(19)10-2-5-14-15(8-10)21-7-1-6-20-14/h2-5,8-9,16,19H,1,6-7H2. The van der Waals surface area contributed by atoms with E-state index in [0.717, 1.165) is 6.42 Å². The van der Waals surface area contributed by atoms with Crippen LogP contribution < -0.4 is 9.47 Å². The molecule has 1 aliphatic rings. The lowest BCUT2D eigenvalue weighted by Crippen LogP contribution is -2.02. The molecular weight excluding hydrogens is 311 g/mol. The molecule has 0 amide bonds. The summed E-state index contributed by atoms with van der Waals surface area (Å²) in [4.78, 5) is 0. The Balaban J connectivity index is 1.96. The number of halogens is 2. The minimum atomic E-state index is -0.867. The van der Waals surface area contributed by atoms with Gasteiger partial charge >= 0.3 is 0 Å². The lowest BCUT2D eigenvalue weighted by Gasteiger charge is -2.16. The minimum absolute atomic E-state index is 0.471. The Morgan fingerprint density at radius 3 is 2.52 bits per heavy atom. The zero-order valence-electron chi connectivity index (χ0n) is 11.2. The minimum Gasteiger partial charge on any atom is -0.490 e. The fourth-order valence-corrected chi connectivity index (χ4v) is 2.66. The third-order valence-corrected chi connectivity index (χ3v) is 3.92. The average Bonchev–Trinajstić information content (AvgIpc) is 2.73. The number of hydrogen-bond donors (Lipinski definition) is 1. The van der Waals surface area contributed by atoms with Crippen LogP contribution in [0.4, 0.5) is 0 Å². The molecule has 0 aromatic heterocycles. The van der Waals surface area contributed by atoms with E-state index in [2.05, 4.69) is 0 Å². The highest BCUT2D eigenvalue weighted by atomic mass is 35.5. The number of aliphatic hydroxyl groups excluding tert-OH is 1. The van der Waals surface area contributed by atoms with Crippen LogP contribution in [0.3, 0.4) is 0 Å². The number of aliphatic hydroxyl groups is 1. The van der Waals surface area contributed by atoms with Gasteiger partial charge in [-0.05, 0) is 35.9 Å². The molecule has 1 N–H and O–H groups in total. The molecule has 1 atom stereocenters. The zero-order chi connectivity index (χ0) is 14.8. The lowest BCUT2D eigenvalue weighted by atomic mass is 10.0. The summed E-state index contributed by atoms with van der Waals surface area (Å²) in [7, 11) is 0. The van der Waals surface area contributed by atoms with Crippen LogP contribution >= 0.6 is 23.2 Å². The SMILES string of the molecule is OC(c1ccc2c(c1)OCCCO2)c1cc(Cl)ccc1Cl. The third-order valence-electron chi connectivity index (χ3n) is 3.34. The molecule has 3 rings (SSSR count). The van der Waals surface area contributed by atoms with E-state index in [1.807, 2.05) is 0 Å². The summed E-state index contributed by atoms with van der Waals surface area (Å²) >= 11 is 12.1. The smallest absolute Gasteiger partial charge is 0.161 e. The molecule has 110 valence electrons. The summed E-state index contributed by atoms with van der Waals surface area (Å²) in [5.74, 6) is 1.34. The molecule has 3 nitrogen and oxygen atoms in total. The van der Waals surface area contributed by atoms with Crippen molar-refractivity contribution in [1.29, 1.82) is 0 Å². The first-order valence-electron chi connectivity index (χ1n) is 6.68. The molecule has 1 unspecified atom stereocenters. The maximum absolute atomic E-state index is 10.5. The summed E-state index contributed by atoms with van der Waals surface area (Å²) in [5, 5.41) is 11.5. The fourth-order valence-electron chi connectivity index (χ4n) is 2.25. The number of fused-ring (bicyclic) bond motifs is 1. The van der Waals surface area contributed by atoms with Crippen molar-refractivity contribution in [2.75, 3.05) is 13.2 Å². The predicted molar refractivity (Wildman–Crippen MR) is 82.6 cm³/mol. The van der Waals surface area contributed by atoms with Crippen molar-refractivity contribution in [1.82, 2.24) is 0 Å². The second-order valence-electron chi connectivity index (χ2n) is 4.83. The molecule has 5 heteroatoms. The highest BCUT2D eigenvalue weighted by Gasteiger charge is 2.18. The van der Waals surface area contributed by atoms with Gasteiger partial charge in [0.05, 0.1) is 13.2 Å².